The molecule has 1 aromatic heterocycles. The molecule has 0 aliphatic heterocycles. The van der Waals surface area contributed by atoms with Crippen molar-refractivity contribution in [3.63, 3.8) is 0 Å². The number of para-hydroxylation sites is 2. The van der Waals surface area contributed by atoms with E-state index in [2.05, 4.69) is 15.3 Å². The molecule has 3 rings (SSSR count). The smallest absolute Gasteiger partial charge is 0.259 e. The number of aromatic amines is 1. The van der Waals surface area contributed by atoms with Crippen LogP contribution in [0.2, 0.25) is 0 Å². The van der Waals surface area contributed by atoms with E-state index in [0.717, 1.165) is 0 Å². The van der Waals surface area contributed by atoms with Gasteiger partial charge in [-0.05, 0) is 24.3 Å². The molecular weight excluding hydrogens is 266 g/mol. The molecule has 0 spiro atoms. The zero-order valence-electron chi connectivity index (χ0n) is 11.4. The molecule has 0 bridgehead atoms. The largest absolute Gasteiger partial charge is 0.326 e. The first-order chi connectivity index (χ1) is 10.1. The summed E-state index contributed by atoms with van der Waals surface area (Å²) in [5, 5.41) is 3.28. The van der Waals surface area contributed by atoms with Gasteiger partial charge in [-0.25, -0.2) is 4.98 Å². The number of aromatic nitrogens is 2. The Morgan fingerprint density at radius 2 is 1.81 bits per heavy atom. The van der Waals surface area contributed by atoms with Crippen LogP contribution in [-0.4, -0.2) is 15.9 Å². The number of carbonyl (C=O) groups excluding carboxylic acids is 1. The lowest BCUT2D eigenvalue weighted by Gasteiger charge is -2.09. The van der Waals surface area contributed by atoms with Crippen LogP contribution in [0.25, 0.3) is 22.3 Å². The standard InChI is InChI=1S/C16H13N3O2/c1-10(20)17-13-8-4-2-6-11(13)15-18-14-9-5-3-7-12(14)16(21)19-15/h2-9H,1H3,(H,17,20)(H,18,19,21). The summed E-state index contributed by atoms with van der Waals surface area (Å²) < 4.78 is 0. The van der Waals surface area contributed by atoms with E-state index >= 15 is 0 Å². The van der Waals surface area contributed by atoms with Gasteiger partial charge in [0, 0.05) is 12.5 Å². The highest BCUT2D eigenvalue weighted by molar-refractivity contribution is 5.93. The van der Waals surface area contributed by atoms with E-state index in [1.165, 1.54) is 6.92 Å². The van der Waals surface area contributed by atoms with E-state index < -0.39 is 0 Å². The summed E-state index contributed by atoms with van der Waals surface area (Å²) in [6, 6.07) is 14.4. The van der Waals surface area contributed by atoms with Crippen molar-refractivity contribution in [3.8, 4) is 11.4 Å². The van der Waals surface area contributed by atoms with Crippen LogP contribution in [0.5, 0.6) is 0 Å². The van der Waals surface area contributed by atoms with Gasteiger partial charge in [-0.2, -0.15) is 0 Å². The number of amides is 1. The normalized spacial score (nSPS) is 10.5. The Morgan fingerprint density at radius 1 is 1.10 bits per heavy atom. The molecule has 5 heteroatoms. The number of H-pyrrole nitrogens is 1. The third kappa shape index (κ3) is 2.53. The summed E-state index contributed by atoms with van der Waals surface area (Å²) in [4.78, 5) is 30.6. The highest BCUT2D eigenvalue weighted by Crippen LogP contribution is 2.25. The first-order valence-corrected chi connectivity index (χ1v) is 6.51. The van der Waals surface area contributed by atoms with Gasteiger partial charge < -0.3 is 10.3 Å². The molecule has 104 valence electrons. The van der Waals surface area contributed by atoms with Crippen LogP contribution in [0.15, 0.2) is 53.3 Å². The molecule has 5 nitrogen and oxygen atoms in total. The van der Waals surface area contributed by atoms with Crippen LogP contribution in [0.4, 0.5) is 5.69 Å². The van der Waals surface area contributed by atoms with Gasteiger partial charge >= 0.3 is 0 Å². The van der Waals surface area contributed by atoms with Crippen LogP contribution in [0.3, 0.4) is 0 Å². The van der Waals surface area contributed by atoms with E-state index in [4.69, 9.17) is 0 Å². The Balaban J connectivity index is 2.21. The lowest BCUT2D eigenvalue weighted by atomic mass is 10.1. The van der Waals surface area contributed by atoms with Crippen LogP contribution in [0.1, 0.15) is 6.92 Å². The van der Waals surface area contributed by atoms with E-state index in [1.54, 1.807) is 30.3 Å². The lowest BCUT2D eigenvalue weighted by molar-refractivity contribution is -0.114. The van der Waals surface area contributed by atoms with Crippen molar-refractivity contribution in [2.24, 2.45) is 0 Å². The maximum Gasteiger partial charge on any atom is 0.259 e. The van der Waals surface area contributed by atoms with E-state index in [9.17, 15) is 9.59 Å². The molecule has 21 heavy (non-hydrogen) atoms. The molecule has 3 aromatic rings. The Hall–Kier alpha value is -2.95. The minimum atomic E-state index is -0.201. The Morgan fingerprint density at radius 3 is 2.62 bits per heavy atom. The van der Waals surface area contributed by atoms with Crippen molar-refractivity contribution in [1.29, 1.82) is 0 Å². The van der Waals surface area contributed by atoms with Crippen molar-refractivity contribution in [3.05, 3.63) is 58.9 Å². The maximum absolute atomic E-state index is 12.1. The molecule has 0 radical (unpaired) electrons. The van der Waals surface area contributed by atoms with Crippen LogP contribution in [0, 0.1) is 0 Å². The molecule has 0 atom stereocenters. The summed E-state index contributed by atoms with van der Waals surface area (Å²) in [6.45, 7) is 1.44. The summed E-state index contributed by atoms with van der Waals surface area (Å²) in [5.74, 6) is 0.258. The molecule has 1 heterocycles. The third-order valence-electron chi connectivity index (χ3n) is 3.11. The summed E-state index contributed by atoms with van der Waals surface area (Å²) in [5.41, 5.74) is 1.71. The average Bonchev–Trinajstić information content (AvgIpc) is 2.47. The molecule has 0 aliphatic rings. The molecule has 0 saturated heterocycles. The van der Waals surface area contributed by atoms with Gasteiger partial charge in [0.15, 0.2) is 0 Å². The van der Waals surface area contributed by atoms with Gasteiger partial charge in [0.05, 0.1) is 16.6 Å². The first-order valence-electron chi connectivity index (χ1n) is 6.51. The summed E-state index contributed by atoms with van der Waals surface area (Å²) >= 11 is 0. The number of hydrogen-bond acceptors (Lipinski definition) is 3. The fourth-order valence-corrected chi connectivity index (χ4v) is 2.20. The number of fused-ring (bicyclic) bond motifs is 1. The number of benzene rings is 2. The van der Waals surface area contributed by atoms with Crippen molar-refractivity contribution in [2.75, 3.05) is 5.32 Å². The van der Waals surface area contributed by atoms with Crippen LogP contribution in [-0.2, 0) is 4.79 Å². The number of anilines is 1. The van der Waals surface area contributed by atoms with Crippen molar-refractivity contribution < 1.29 is 4.79 Å². The summed E-state index contributed by atoms with van der Waals surface area (Å²) in [6.07, 6.45) is 0. The second-order valence-electron chi connectivity index (χ2n) is 4.66. The molecule has 2 N–H and O–H groups in total. The molecule has 0 saturated carbocycles. The second kappa shape index (κ2) is 5.20. The van der Waals surface area contributed by atoms with Crippen LogP contribution >= 0.6 is 0 Å². The third-order valence-corrected chi connectivity index (χ3v) is 3.11. The monoisotopic (exact) mass is 279 g/mol. The maximum atomic E-state index is 12.1. The summed E-state index contributed by atoms with van der Waals surface area (Å²) in [7, 11) is 0. The highest BCUT2D eigenvalue weighted by Gasteiger charge is 2.10. The number of carbonyl (C=O) groups is 1. The fourth-order valence-electron chi connectivity index (χ4n) is 2.20. The zero-order chi connectivity index (χ0) is 14.8. The minimum Gasteiger partial charge on any atom is -0.326 e. The highest BCUT2D eigenvalue weighted by atomic mass is 16.1. The minimum absolute atomic E-state index is 0.175. The van der Waals surface area contributed by atoms with E-state index in [1.807, 2.05) is 18.2 Å². The molecule has 0 aliphatic carbocycles. The average molecular weight is 279 g/mol. The van der Waals surface area contributed by atoms with Gasteiger partial charge in [-0.1, -0.05) is 24.3 Å². The predicted octanol–water partition coefficient (Wildman–Crippen LogP) is 2.55. The Kier molecular flexibility index (Phi) is 3.23. The predicted molar refractivity (Wildman–Crippen MR) is 82.1 cm³/mol. The van der Waals surface area contributed by atoms with Gasteiger partial charge in [-0.3, -0.25) is 9.59 Å². The number of nitrogens with one attached hydrogen (secondary N) is 2. The lowest BCUT2D eigenvalue weighted by Crippen LogP contribution is -2.11. The first kappa shape index (κ1) is 13.1. The molecule has 0 fully saturated rings. The number of rotatable bonds is 2. The van der Waals surface area contributed by atoms with E-state index in [-0.39, 0.29) is 11.5 Å². The zero-order valence-corrected chi connectivity index (χ0v) is 11.4. The van der Waals surface area contributed by atoms with E-state index in [0.29, 0.717) is 28.0 Å². The van der Waals surface area contributed by atoms with Crippen molar-refractivity contribution >= 4 is 22.5 Å². The van der Waals surface area contributed by atoms with Gasteiger partial charge in [0.25, 0.3) is 5.56 Å². The topological polar surface area (TPSA) is 74.8 Å². The fraction of sp³-hybridized carbons (Fsp3) is 0.0625. The molecule has 1 amide bonds. The quantitative estimate of drug-likeness (QED) is 0.757. The number of nitrogens with zero attached hydrogens (tertiary/aromatic N) is 1. The second-order valence-corrected chi connectivity index (χ2v) is 4.66. The van der Waals surface area contributed by atoms with Crippen molar-refractivity contribution in [1.82, 2.24) is 9.97 Å². The Labute approximate surface area is 120 Å². The van der Waals surface area contributed by atoms with Gasteiger partial charge in [-0.15, -0.1) is 0 Å². The molecular formula is C16H13N3O2. The van der Waals surface area contributed by atoms with Gasteiger partial charge in [0.1, 0.15) is 5.82 Å². The Bertz CT molecular complexity index is 884. The molecule has 2 aromatic carbocycles. The van der Waals surface area contributed by atoms with Crippen LogP contribution < -0.4 is 10.9 Å². The van der Waals surface area contributed by atoms with Crippen molar-refractivity contribution in [2.45, 2.75) is 6.92 Å². The number of hydrogen-bond donors (Lipinski definition) is 2. The SMILES string of the molecule is CC(=O)Nc1ccccc1-c1nc2ccccc2c(=O)[nH]1. The van der Waals surface area contributed by atoms with Gasteiger partial charge in [0.2, 0.25) is 5.91 Å². The molecule has 0 unspecified atom stereocenters.